The molecule has 0 saturated carbocycles. The van der Waals surface area contributed by atoms with E-state index >= 15 is 0 Å². The average molecular weight is 279 g/mol. The zero-order valence-corrected chi connectivity index (χ0v) is 10.4. The molecule has 0 bridgehead atoms. The average Bonchev–Trinajstić information content (AvgIpc) is 2.59. The Labute approximate surface area is 106 Å². The number of alkyl halides is 3. The molecular weight excluding hydrogens is 267 g/mol. The van der Waals surface area contributed by atoms with Gasteiger partial charge in [0.2, 0.25) is 0 Å². The van der Waals surface area contributed by atoms with Crippen LogP contribution in [0.15, 0.2) is 6.20 Å². The third-order valence-corrected chi connectivity index (χ3v) is 2.12. The highest BCUT2D eigenvalue weighted by Gasteiger charge is 2.40. The second kappa shape index (κ2) is 4.56. The lowest BCUT2D eigenvalue weighted by Gasteiger charge is -2.22. The highest BCUT2D eigenvalue weighted by atomic mass is 19.4. The van der Waals surface area contributed by atoms with Crippen LogP contribution in [-0.2, 0) is 10.3 Å². The number of hydrogen-bond acceptors (Lipinski definition) is 3. The summed E-state index contributed by atoms with van der Waals surface area (Å²) in [6.07, 6.45) is -4.22. The van der Waals surface area contributed by atoms with E-state index in [2.05, 4.69) is 5.10 Å². The van der Waals surface area contributed by atoms with E-state index in [0.717, 1.165) is 10.9 Å². The SMILES string of the molecule is CC(C)(C)n1ncc(C(=O)O)c1NC(=O)C(F)(F)F. The van der Waals surface area contributed by atoms with Gasteiger partial charge in [0.15, 0.2) is 0 Å². The first-order chi connectivity index (χ1) is 8.44. The van der Waals surface area contributed by atoms with E-state index in [1.807, 2.05) is 0 Å². The van der Waals surface area contributed by atoms with E-state index in [1.165, 1.54) is 0 Å². The van der Waals surface area contributed by atoms with Gasteiger partial charge in [0.25, 0.3) is 0 Å². The summed E-state index contributed by atoms with van der Waals surface area (Å²) in [6, 6.07) is 0. The van der Waals surface area contributed by atoms with E-state index < -0.39 is 35.0 Å². The smallest absolute Gasteiger partial charge is 0.471 e. The summed E-state index contributed by atoms with van der Waals surface area (Å²) < 4.78 is 37.7. The van der Waals surface area contributed by atoms with Gasteiger partial charge in [0.05, 0.1) is 11.7 Å². The highest BCUT2D eigenvalue weighted by Crippen LogP contribution is 2.26. The van der Waals surface area contributed by atoms with Crippen LogP contribution in [0.2, 0.25) is 0 Å². The van der Waals surface area contributed by atoms with Gasteiger partial charge in [-0.25, -0.2) is 9.48 Å². The van der Waals surface area contributed by atoms with Crippen molar-refractivity contribution in [2.24, 2.45) is 0 Å². The number of nitrogens with one attached hydrogen (secondary N) is 1. The molecule has 106 valence electrons. The van der Waals surface area contributed by atoms with Crippen molar-refractivity contribution in [3.8, 4) is 0 Å². The van der Waals surface area contributed by atoms with Gasteiger partial charge in [-0.1, -0.05) is 0 Å². The topological polar surface area (TPSA) is 84.2 Å². The van der Waals surface area contributed by atoms with Crippen LogP contribution in [0.4, 0.5) is 19.0 Å². The monoisotopic (exact) mass is 279 g/mol. The van der Waals surface area contributed by atoms with Crippen molar-refractivity contribution >= 4 is 17.7 Å². The molecular formula is C10H12F3N3O3. The first-order valence-electron chi connectivity index (χ1n) is 5.14. The summed E-state index contributed by atoms with van der Waals surface area (Å²) in [5.41, 5.74) is -1.30. The minimum atomic E-state index is -5.11. The second-order valence-corrected chi connectivity index (χ2v) is 4.75. The van der Waals surface area contributed by atoms with Crippen LogP contribution in [-0.4, -0.2) is 32.9 Å². The molecule has 0 spiro atoms. The molecule has 1 amide bonds. The normalized spacial score (nSPS) is 12.3. The Morgan fingerprint density at radius 1 is 1.32 bits per heavy atom. The summed E-state index contributed by atoms with van der Waals surface area (Å²) in [4.78, 5) is 21.8. The Balaban J connectivity index is 3.27. The van der Waals surface area contributed by atoms with Crippen molar-refractivity contribution in [1.29, 1.82) is 0 Å². The molecule has 1 aromatic heterocycles. The summed E-state index contributed by atoms with van der Waals surface area (Å²) in [5.74, 6) is -4.23. The van der Waals surface area contributed by atoms with Crippen LogP contribution in [0.5, 0.6) is 0 Å². The Morgan fingerprint density at radius 2 is 1.84 bits per heavy atom. The number of aromatic nitrogens is 2. The standard InChI is InChI=1S/C10H12F3N3O3/c1-9(2,3)16-6(5(4-14-16)7(17)18)15-8(19)10(11,12)13/h4H,1-3H3,(H,15,19)(H,17,18). The number of amides is 1. The Kier molecular flexibility index (Phi) is 3.60. The number of carboxylic acids is 1. The van der Waals surface area contributed by atoms with E-state index in [0.29, 0.717) is 0 Å². The van der Waals surface area contributed by atoms with Gasteiger partial charge >= 0.3 is 18.1 Å². The molecule has 1 rings (SSSR count). The van der Waals surface area contributed by atoms with Crippen molar-refractivity contribution < 1.29 is 27.9 Å². The Hall–Kier alpha value is -2.06. The summed E-state index contributed by atoms with van der Waals surface area (Å²) in [5, 5.41) is 14.1. The maximum atomic E-state index is 12.2. The van der Waals surface area contributed by atoms with Crippen molar-refractivity contribution in [3.63, 3.8) is 0 Å². The van der Waals surface area contributed by atoms with Gasteiger partial charge in [0, 0.05) is 0 Å². The number of anilines is 1. The first kappa shape index (κ1) is 15.0. The van der Waals surface area contributed by atoms with Crippen LogP contribution in [0, 0.1) is 0 Å². The third-order valence-electron chi connectivity index (χ3n) is 2.12. The summed E-state index contributed by atoms with van der Waals surface area (Å²) in [7, 11) is 0. The zero-order chi connectivity index (χ0) is 15.0. The Bertz CT molecular complexity index is 514. The van der Waals surface area contributed by atoms with Crippen LogP contribution < -0.4 is 5.32 Å². The van der Waals surface area contributed by atoms with Crippen LogP contribution >= 0.6 is 0 Å². The number of hydrogen-bond donors (Lipinski definition) is 2. The molecule has 1 heterocycles. The number of aromatic carboxylic acids is 1. The van der Waals surface area contributed by atoms with Gasteiger partial charge in [-0.2, -0.15) is 18.3 Å². The minimum absolute atomic E-state index is 0.498. The van der Waals surface area contributed by atoms with Gasteiger partial charge in [-0.3, -0.25) is 4.79 Å². The molecule has 6 nitrogen and oxygen atoms in total. The van der Waals surface area contributed by atoms with Crippen molar-refractivity contribution in [1.82, 2.24) is 9.78 Å². The molecule has 0 atom stereocenters. The lowest BCUT2D eigenvalue weighted by Crippen LogP contribution is -2.34. The third kappa shape index (κ3) is 3.24. The number of carbonyl (C=O) groups excluding carboxylic acids is 1. The summed E-state index contributed by atoms with van der Waals surface area (Å²) >= 11 is 0. The molecule has 0 aliphatic carbocycles. The number of rotatable bonds is 2. The fraction of sp³-hybridized carbons (Fsp3) is 0.500. The lowest BCUT2D eigenvalue weighted by molar-refractivity contribution is -0.167. The molecule has 0 aliphatic rings. The molecule has 0 unspecified atom stereocenters. The molecule has 19 heavy (non-hydrogen) atoms. The van der Waals surface area contributed by atoms with Gasteiger partial charge in [-0.15, -0.1) is 0 Å². The lowest BCUT2D eigenvalue weighted by atomic mass is 10.1. The van der Waals surface area contributed by atoms with Crippen molar-refractivity contribution in [2.75, 3.05) is 5.32 Å². The molecule has 0 aliphatic heterocycles. The van der Waals surface area contributed by atoms with E-state index in [9.17, 15) is 22.8 Å². The van der Waals surface area contributed by atoms with E-state index in [4.69, 9.17) is 5.11 Å². The van der Waals surface area contributed by atoms with E-state index in [-0.39, 0.29) is 0 Å². The van der Waals surface area contributed by atoms with Crippen LogP contribution in [0.3, 0.4) is 0 Å². The maximum Gasteiger partial charge on any atom is 0.471 e. The number of carboxylic acid groups (broad SMARTS) is 1. The maximum absolute atomic E-state index is 12.2. The molecule has 2 N–H and O–H groups in total. The summed E-state index contributed by atoms with van der Waals surface area (Å²) in [6.45, 7) is 4.82. The second-order valence-electron chi connectivity index (χ2n) is 4.75. The number of nitrogens with zero attached hydrogens (tertiary/aromatic N) is 2. The minimum Gasteiger partial charge on any atom is -0.477 e. The molecule has 1 aromatic rings. The molecule has 0 saturated heterocycles. The highest BCUT2D eigenvalue weighted by molar-refractivity contribution is 6.01. The number of carbonyl (C=O) groups is 2. The predicted molar refractivity (Wildman–Crippen MR) is 58.9 cm³/mol. The molecule has 0 fully saturated rings. The van der Waals surface area contributed by atoms with Crippen molar-refractivity contribution in [2.45, 2.75) is 32.5 Å². The number of halogens is 3. The van der Waals surface area contributed by atoms with Gasteiger partial charge in [0.1, 0.15) is 11.4 Å². The zero-order valence-electron chi connectivity index (χ0n) is 10.4. The Morgan fingerprint density at radius 3 is 2.21 bits per heavy atom. The first-order valence-corrected chi connectivity index (χ1v) is 5.14. The van der Waals surface area contributed by atoms with Crippen LogP contribution in [0.1, 0.15) is 31.1 Å². The molecule has 0 aromatic carbocycles. The fourth-order valence-electron chi connectivity index (χ4n) is 1.31. The molecule has 0 radical (unpaired) electrons. The predicted octanol–water partition coefficient (Wildman–Crippen LogP) is 1.84. The van der Waals surface area contributed by atoms with Gasteiger partial charge < -0.3 is 10.4 Å². The van der Waals surface area contributed by atoms with Crippen molar-refractivity contribution in [3.05, 3.63) is 11.8 Å². The van der Waals surface area contributed by atoms with E-state index in [1.54, 1.807) is 26.1 Å². The van der Waals surface area contributed by atoms with Gasteiger partial charge in [-0.05, 0) is 20.8 Å². The molecule has 9 heteroatoms. The quantitative estimate of drug-likeness (QED) is 0.865. The van der Waals surface area contributed by atoms with Crippen LogP contribution in [0.25, 0.3) is 0 Å². The largest absolute Gasteiger partial charge is 0.477 e. The fourth-order valence-corrected chi connectivity index (χ4v) is 1.31.